The summed E-state index contributed by atoms with van der Waals surface area (Å²) in [5.41, 5.74) is 0. The van der Waals surface area contributed by atoms with Crippen LogP contribution in [0.3, 0.4) is 0 Å². The number of hydrogen-bond acceptors (Lipinski definition) is 2. The van der Waals surface area contributed by atoms with Crippen LogP contribution < -0.4 is 0 Å². The van der Waals surface area contributed by atoms with Crippen molar-refractivity contribution in [3.8, 4) is 0 Å². The molecule has 0 bridgehead atoms. The van der Waals surface area contributed by atoms with Gasteiger partial charge in [-0.25, -0.2) is 0 Å². The van der Waals surface area contributed by atoms with Gasteiger partial charge in [0.15, 0.2) is 0 Å². The molecule has 154 valence electrons. The Bertz CT molecular complexity index is 324. The quantitative estimate of drug-likeness (QED) is 0.186. The van der Waals surface area contributed by atoms with Crippen LogP contribution in [0, 0.1) is 0 Å². The van der Waals surface area contributed by atoms with Crippen LogP contribution in [0.15, 0.2) is 0 Å². The minimum Gasteiger partial charge on any atom is -0.370 e. The second kappa shape index (κ2) is 14.0. The van der Waals surface area contributed by atoms with Gasteiger partial charge in [0.05, 0.1) is 26.4 Å². The highest BCUT2D eigenvalue weighted by Crippen LogP contribution is 2.21. The van der Waals surface area contributed by atoms with Crippen molar-refractivity contribution in [3.63, 3.8) is 0 Å². The zero-order valence-electron chi connectivity index (χ0n) is 17.7. The van der Waals surface area contributed by atoms with Gasteiger partial charge in [-0.3, -0.25) is 0 Å². The van der Waals surface area contributed by atoms with E-state index in [1.807, 2.05) is 0 Å². The Kier molecular flexibility index (Phi) is 11.9. The van der Waals surface area contributed by atoms with Crippen LogP contribution in [0.4, 0.5) is 0 Å². The standard InChI is InChI=1S/C23H46NO2/c1-2-3-4-5-6-7-8-9-10-11-12-13-14-15-16-24(21-23-22-26-23)17-19-25-20-18-24/h23H,2-22H2,1H3/q+1/t23-/m1/s1. The maximum Gasteiger partial charge on any atom is 0.130 e. The number of hydrogen-bond donors (Lipinski definition) is 0. The summed E-state index contributed by atoms with van der Waals surface area (Å²) < 4.78 is 12.4. The maximum atomic E-state index is 5.59. The zero-order chi connectivity index (χ0) is 18.3. The molecule has 0 aromatic heterocycles. The van der Waals surface area contributed by atoms with Crippen molar-refractivity contribution in [2.45, 2.75) is 103 Å². The SMILES string of the molecule is CCCCCCCCCCCCCCCC[N+]1(C[C@@H]2CO2)CCOCC1. The van der Waals surface area contributed by atoms with E-state index in [9.17, 15) is 0 Å². The van der Waals surface area contributed by atoms with Crippen molar-refractivity contribution in [2.24, 2.45) is 0 Å². The lowest BCUT2D eigenvalue weighted by atomic mass is 10.0. The zero-order valence-corrected chi connectivity index (χ0v) is 17.7. The van der Waals surface area contributed by atoms with Gasteiger partial charge >= 0.3 is 0 Å². The van der Waals surface area contributed by atoms with E-state index in [-0.39, 0.29) is 0 Å². The van der Waals surface area contributed by atoms with E-state index < -0.39 is 0 Å². The Hall–Kier alpha value is -0.120. The predicted octanol–water partition coefficient (Wildman–Crippen LogP) is 5.71. The lowest BCUT2D eigenvalue weighted by Gasteiger charge is -2.41. The Morgan fingerprint density at radius 2 is 1.15 bits per heavy atom. The van der Waals surface area contributed by atoms with Crippen molar-refractivity contribution in [3.05, 3.63) is 0 Å². The lowest BCUT2D eigenvalue weighted by molar-refractivity contribution is -0.935. The highest BCUT2D eigenvalue weighted by Gasteiger charge is 2.37. The normalized spacial score (nSPS) is 21.8. The van der Waals surface area contributed by atoms with Crippen LogP contribution in [0.1, 0.15) is 96.8 Å². The predicted molar refractivity (Wildman–Crippen MR) is 111 cm³/mol. The van der Waals surface area contributed by atoms with Crippen LogP contribution in [-0.2, 0) is 9.47 Å². The van der Waals surface area contributed by atoms with E-state index in [4.69, 9.17) is 9.47 Å². The van der Waals surface area contributed by atoms with Gasteiger partial charge in [-0.15, -0.1) is 0 Å². The molecule has 2 saturated heterocycles. The monoisotopic (exact) mass is 368 g/mol. The molecule has 0 radical (unpaired) electrons. The van der Waals surface area contributed by atoms with E-state index in [1.54, 1.807) is 0 Å². The molecule has 0 aromatic rings. The number of nitrogens with zero attached hydrogens (tertiary/aromatic N) is 1. The van der Waals surface area contributed by atoms with Crippen molar-refractivity contribution in [1.82, 2.24) is 0 Å². The summed E-state index contributed by atoms with van der Waals surface area (Å²) in [7, 11) is 0. The Balaban J connectivity index is 1.36. The summed E-state index contributed by atoms with van der Waals surface area (Å²) in [4.78, 5) is 0. The van der Waals surface area contributed by atoms with E-state index in [2.05, 4.69) is 6.92 Å². The van der Waals surface area contributed by atoms with Crippen LogP contribution >= 0.6 is 0 Å². The van der Waals surface area contributed by atoms with Crippen LogP contribution in [0.5, 0.6) is 0 Å². The Morgan fingerprint density at radius 1 is 0.692 bits per heavy atom. The van der Waals surface area contributed by atoms with Gasteiger partial charge in [0.2, 0.25) is 0 Å². The largest absolute Gasteiger partial charge is 0.370 e. The molecule has 3 nitrogen and oxygen atoms in total. The average Bonchev–Trinajstić information content (AvgIpc) is 3.46. The smallest absolute Gasteiger partial charge is 0.130 e. The third-order valence-electron chi connectivity index (χ3n) is 6.40. The summed E-state index contributed by atoms with van der Waals surface area (Å²) in [6.45, 7) is 10.2. The molecule has 2 rings (SSSR count). The maximum absolute atomic E-state index is 5.59. The van der Waals surface area contributed by atoms with Crippen molar-refractivity contribution in [2.75, 3.05) is 46.0 Å². The lowest BCUT2D eigenvalue weighted by Crippen LogP contribution is -2.57. The average molecular weight is 369 g/mol. The first-order chi connectivity index (χ1) is 12.8. The third kappa shape index (κ3) is 10.3. The molecule has 0 aromatic carbocycles. The fourth-order valence-electron chi connectivity index (χ4n) is 4.47. The molecule has 26 heavy (non-hydrogen) atoms. The second-order valence-electron chi connectivity index (χ2n) is 8.86. The fourth-order valence-corrected chi connectivity index (χ4v) is 4.47. The van der Waals surface area contributed by atoms with Gasteiger partial charge in [0.25, 0.3) is 0 Å². The molecular weight excluding hydrogens is 322 g/mol. The molecule has 0 spiro atoms. The van der Waals surface area contributed by atoms with E-state index in [1.165, 1.54) is 121 Å². The fraction of sp³-hybridized carbons (Fsp3) is 1.00. The number of epoxide rings is 1. The summed E-state index contributed by atoms with van der Waals surface area (Å²) in [5, 5.41) is 0. The first kappa shape index (κ1) is 22.2. The van der Waals surface area contributed by atoms with Crippen molar-refractivity contribution >= 4 is 0 Å². The minimum atomic E-state index is 0.555. The Morgan fingerprint density at radius 3 is 1.62 bits per heavy atom. The molecule has 0 saturated carbocycles. The van der Waals surface area contributed by atoms with Gasteiger partial charge in [-0.1, -0.05) is 84.0 Å². The van der Waals surface area contributed by atoms with Crippen molar-refractivity contribution in [1.29, 1.82) is 0 Å². The third-order valence-corrected chi connectivity index (χ3v) is 6.40. The molecule has 0 amide bonds. The summed E-state index contributed by atoms with van der Waals surface area (Å²) in [6.07, 6.45) is 20.8. The molecule has 2 aliphatic rings. The van der Waals surface area contributed by atoms with Gasteiger partial charge in [-0.2, -0.15) is 0 Å². The van der Waals surface area contributed by atoms with Crippen LogP contribution in [-0.4, -0.2) is 56.6 Å². The first-order valence-corrected chi connectivity index (χ1v) is 11.9. The van der Waals surface area contributed by atoms with E-state index in [0.717, 1.165) is 19.8 Å². The number of ether oxygens (including phenoxy) is 2. The highest BCUT2D eigenvalue weighted by atomic mass is 16.6. The summed E-state index contributed by atoms with van der Waals surface area (Å²) in [5.74, 6) is 0. The van der Waals surface area contributed by atoms with Gasteiger partial charge in [0.1, 0.15) is 25.7 Å². The number of unbranched alkanes of at least 4 members (excludes halogenated alkanes) is 13. The molecule has 0 N–H and O–H groups in total. The van der Waals surface area contributed by atoms with Gasteiger partial charge < -0.3 is 14.0 Å². The van der Waals surface area contributed by atoms with Crippen LogP contribution in [0.25, 0.3) is 0 Å². The molecule has 2 heterocycles. The topological polar surface area (TPSA) is 21.8 Å². The molecule has 2 aliphatic heterocycles. The van der Waals surface area contributed by atoms with Crippen molar-refractivity contribution < 1.29 is 14.0 Å². The molecule has 0 aliphatic carbocycles. The second-order valence-corrected chi connectivity index (χ2v) is 8.86. The first-order valence-electron chi connectivity index (χ1n) is 11.9. The summed E-state index contributed by atoms with van der Waals surface area (Å²) >= 11 is 0. The number of rotatable bonds is 17. The van der Waals surface area contributed by atoms with E-state index >= 15 is 0 Å². The molecule has 2 fully saturated rings. The highest BCUT2D eigenvalue weighted by molar-refractivity contribution is 4.70. The number of quaternary nitrogens is 1. The molecule has 1 atom stereocenters. The van der Waals surface area contributed by atoms with E-state index in [0.29, 0.717) is 6.10 Å². The molecular formula is C23H46NO2+. The molecule has 0 unspecified atom stereocenters. The Labute approximate surface area is 163 Å². The summed E-state index contributed by atoms with van der Waals surface area (Å²) in [6, 6.07) is 0. The molecule has 3 heteroatoms. The van der Waals surface area contributed by atoms with Gasteiger partial charge in [-0.05, 0) is 12.8 Å². The van der Waals surface area contributed by atoms with Gasteiger partial charge in [0, 0.05) is 0 Å². The van der Waals surface area contributed by atoms with Crippen LogP contribution in [0.2, 0.25) is 0 Å². The minimum absolute atomic E-state index is 0.555. The number of morpholine rings is 1.